The van der Waals surface area contributed by atoms with Crippen LogP contribution < -0.4 is 5.32 Å². The summed E-state index contributed by atoms with van der Waals surface area (Å²) in [5, 5.41) is 5.39. The highest BCUT2D eigenvalue weighted by atomic mass is 32.1. The predicted octanol–water partition coefficient (Wildman–Crippen LogP) is 2.59. The summed E-state index contributed by atoms with van der Waals surface area (Å²) < 4.78 is 5.55. The zero-order valence-electron chi connectivity index (χ0n) is 11.1. The van der Waals surface area contributed by atoms with Crippen molar-refractivity contribution in [3.05, 3.63) is 29.5 Å². The van der Waals surface area contributed by atoms with Gasteiger partial charge in [-0.15, -0.1) is 11.3 Å². The third-order valence-corrected chi connectivity index (χ3v) is 4.52. The molecule has 5 heteroatoms. The fourth-order valence-electron chi connectivity index (χ4n) is 2.50. The van der Waals surface area contributed by atoms with Gasteiger partial charge in [-0.1, -0.05) is 6.07 Å². The van der Waals surface area contributed by atoms with Crippen molar-refractivity contribution < 1.29 is 4.42 Å². The molecule has 4 nitrogen and oxygen atoms in total. The average Bonchev–Trinajstić information content (AvgIpc) is 3.10. The highest BCUT2D eigenvalue weighted by Crippen LogP contribution is 2.24. The molecule has 0 amide bonds. The average molecular weight is 277 g/mol. The molecule has 2 aromatic rings. The van der Waals surface area contributed by atoms with Crippen molar-refractivity contribution >= 4 is 11.3 Å². The van der Waals surface area contributed by atoms with Crippen LogP contribution in [0.1, 0.15) is 18.5 Å². The zero-order valence-corrected chi connectivity index (χ0v) is 11.9. The van der Waals surface area contributed by atoms with E-state index in [2.05, 4.69) is 15.2 Å². The largest absolute Gasteiger partial charge is 0.444 e. The number of likely N-dealkylation sites (tertiary alicyclic amines) is 1. The van der Waals surface area contributed by atoms with Crippen molar-refractivity contribution in [2.24, 2.45) is 0 Å². The Morgan fingerprint density at radius 2 is 2.32 bits per heavy atom. The summed E-state index contributed by atoms with van der Waals surface area (Å²) >= 11 is 1.66. The van der Waals surface area contributed by atoms with Crippen LogP contribution in [0.4, 0.5) is 0 Å². The maximum absolute atomic E-state index is 5.55. The van der Waals surface area contributed by atoms with Crippen LogP contribution in [-0.4, -0.2) is 36.1 Å². The molecule has 102 valence electrons. The van der Waals surface area contributed by atoms with Gasteiger partial charge in [0.25, 0.3) is 0 Å². The standard InChI is InChI=1S/C14H19N3OS/c1-15-11-4-6-17(7-5-11)9-12-10-18-14(16-12)13-3-2-8-19-13/h2-3,8,10-11,15H,4-7,9H2,1H3. The Bertz CT molecular complexity index is 501. The second kappa shape index (κ2) is 5.86. The number of hydrogen-bond donors (Lipinski definition) is 1. The summed E-state index contributed by atoms with van der Waals surface area (Å²) in [4.78, 5) is 8.12. The van der Waals surface area contributed by atoms with Gasteiger partial charge in [-0.3, -0.25) is 4.90 Å². The minimum Gasteiger partial charge on any atom is -0.444 e. The summed E-state index contributed by atoms with van der Waals surface area (Å²) in [5.41, 5.74) is 1.03. The Hall–Kier alpha value is -1.17. The quantitative estimate of drug-likeness (QED) is 0.932. The van der Waals surface area contributed by atoms with Gasteiger partial charge < -0.3 is 9.73 Å². The molecule has 1 N–H and O–H groups in total. The minimum atomic E-state index is 0.676. The van der Waals surface area contributed by atoms with Crippen LogP contribution in [0.15, 0.2) is 28.2 Å². The molecule has 0 atom stereocenters. The van der Waals surface area contributed by atoms with E-state index >= 15 is 0 Å². The lowest BCUT2D eigenvalue weighted by Gasteiger charge is -2.30. The fraction of sp³-hybridized carbons (Fsp3) is 0.500. The van der Waals surface area contributed by atoms with Gasteiger partial charge in [0.05, 0.1) is 10.6 Å². The summed E-state index contributed by atoms with van der Waals surface area (Å²) in [7, 11) is 2.05. The Kier molecular flexibility index (Phi) is 3.96. The van der Waals surface area contributed by atoms with E-state index in [0.29, 0.717) is 6.04 Å². The molecule has 3 rings (SSSR count). The summed E-state index contributed by atoms with van der Waals surface area (Å²) in [6.07, 6.45) is 4.22. The molecule has 0 aromatic carbocycles. The molecule has 1 aliphatic rings. The number of piperidine rings is 1. The first-order valence-electron chi connectivity index (χ1n) is 6.73. The first-order chi connectivity index (χ1) is 9.35. The van der Waals surface area contributed by atoms with Gasteiger partial charge in [0.2, 0.25) is 5.89 Å². The fourth-order valence-corrected chi connectivity index (χ4v) is 3.16. The predicted molar refractivity (Wildman–Crippen MR) is 77.2 cm³/mol. The third-order valence-electron chi connectivity index (χ3n) is 3.67. The Labute approximate surface area is 117 Å². The molecular formula is C14H19N3OS. The second-order valence-corrected chi connectivity index (χ2v) is 5.91. The molecule has 19 heavy (non-hydrogen) atoms. The molecule has 2 aromatic heterocycles. The normalized spacial score (nSPS) is 17.9. The smallest absolute Gasteiger partial charge is 0.236 e. The van der Waals surface area contributed by atoms with Crippen LogP contribution in [0.5, 0.6) is 0 Å². The first-order valence-corrected chi connectivity index (χ1v) is 7.61. The number of thiophene rings is 1. The molecule has 0 spiro atoms. The van der Waals surface area contributed by atoms with E-state index in [4.69, 9.17) is 4.42 Å². The number of hydrogen-bond acceptors (Lipinski definition) is 5. The van der Waals surface area contributed by atoms with Crippen LogP contribution in [-0.2, 0) is 6.54 Å². The third kappa shape index (κ3) is 3.05. The molecule has 1 fully saturated rings. The van der Waals surface area contributed by atoms with Gasteiger partial charge in [-0.05, 0) is 31.3 Å². The van der Waals surface area contributed by atoms with Crippen molar-refractivity contribution in [3.63, 3.8) is 0 Å². The number of oxazole rings is 1. The van der Waals surface area contributed by atoms with Crippen LogP contribution in [0.2, 0.25) is 0 Å². The van der Waals surface area contributed by atoms with Crippen LogP contribution in [0.3, 0.4) is 0 Å². The Morgan fingerprint density at radius 1 is 1.47 bits per heavy atom. The lowest BCUT2D eigenvalue weighted by molar-refractivity contribution is 0.192. The van der Waals surface area contributed by atoms with Gasteiger partial charge in [-0.25, -0.2) is 4.98 Å². The van der Waals surface area contributed by atoms with E-state index in [0.717, 1.165) is 36.1 Å². The summed E-state index contributed by atoms with van der Waals surface area (Å²) in [6.45, 7) is 3.16. The molecule has 0 unspecified atom stereocenters. The van der Waals surface area contributed by atoms with Gasteiger partial charge >= 0.3 is 0 Å². The van der Waals surface area contributed by atoms with E-state index in [9.17, 15) is 0 Å². The first kappa shape index (κ1) is 12.8. The SMILES string of the molecule is CNC1CCN(Cc2coc(-c3cccs3)n2)CC1. The number of aromatic nitrogens is 1. The molecule has 1 aliphatic heterocycles. The molecule has 0 aliphatic carbocycles. The van der Waals surface area contributed by atoms with Gasteiger partial charge in [-0.2, -0.15) is 0 Å². The van der Waals surface area contributed by atoms with Crippen molar-refractivity contribution in [2.75, 3.05) is 20.1 Å². The monoisotopic (exact) mass is 277 g/mol. The highest BCUT2D eigenvalue weighted by molar-refractivity contribution is 7.13. The second-order valence-electron chi connectivity index (χ2n) is 4.96. The molecule has 3 heterocycles. The van der Waals surface area contributed by atoms with Crippen LogP contribution in [0.25, 0.3) is 10.8 Å². The number of nitrogens with one attached hydrogen (secondary N) is 1. The Balaban J connectivity index is 1.59. The van der Waals surface area contributed by atoms with Crippen molar-refractivity contribution in [3.8, 4) is 10.8 Å². The molecular weight excluding hydrogens is 258 g/mol. The summed E-state index contributed by atoms with van der Waals surface area (Å²) in [6, 6.07) is 4.74. The molecule has 0 radical (unpaired) electrons. The van der Waals surface area contributed by atoms with Gasteiger partial charge in [0.1, 0.15) is 6.26 Å². The van der Waals surface area contributed by atoms with E-state index in [-0.39, 0.29) is 0 Å². The molecule has 0 bridgehead atoms. The van der Waals surface area contributed by atoms with Crippen molar-refractivity contribution in [2.45, 2.75) is 25.4 Å². The maximum atomic E-state index is 5.55. The molecule has 0 saturated carbocycles. The van der Waals surface area contributed by atoms with Crippen LogP contribution >= 0.6 is 11.3 Å². The van der Waals surface area contributed by atoms with Gasteiger partial charge in [0, 0.05) is 25.7 Å². The number of nitrogens with zero attached hydrogens (tertiary/aromatic N) is 2. The number of rotatable bonds is 4. The van der Waals surface area contributed by atoms with E-state index in [1.165, 1.54) is 12.8 Å². The lowest BCUT2D eigenvalue weighted by Crippen LogP contribution is -2.40. The minimum absolute atomic E-state index is 0.676. The van der Waals surface area contributed by atoms with Crippen LogP contribution in [0, 0.1) is 0 Å². The summed E-state index contributed by atoms with van der Waals surface area (Å²) in [5.74, 6) is 0.745. The van der Waals surface area contributed by atoms with E-state index < -0.39 is 0 Å². The molecule has 1 saturated heterocycles. The van der Waals surface area contributed by atoms with Crippen molar-refractivity contribution in [1.82, 2.24) is 15.2 Å². The lowest BCUT2D eigenvalue weighted by atomic mass is 10.1. The van der Waals surface area contributed by atoms with E-state index in [1.54, 1.807) is 17.6 Å². The van der Waals surface area contributed by atoms with Crippen molar-refractivity contribution in [1.29, 1.82) is 0 Å². The highest BCUT2D eigenvalue weighted by Gasteiger charge is 2.19. The van der Waals surface area contributed by atoms with Gasteiger partial charge in [0.15, 0.2) is 0 Å². The topological polar surface area (TPSA) is 41.3 Å². The Morgan fingerprint density at radius 3 is 3.00 bits per heavy atom. The zero-order chi connectivity index (χ0) is 13.1. The van der Waals surface area contributed by atoms with E-state index in [1.807, 2.05) is 24.6 Å². The maximum Gasteiger partial charge on any atom is 0.236 e.